The maximum Gasteiger partial charge on any atom is 0.152 e. The SMILES string of the molecule is Fc1cc(F)c2nc(C3CCCC3)cc(Cl)c2c1. The Morgan fingerprint density at radius 3 is 2.56 bits per heavy atom. The Kier molecular flexibility index (Phi) is 2.94. The van der Waals surface area contributed by atoms with E-state index in [0.717, 1.165) is 24.6 Å². The van der Waals surface area contributed by atoms with Gasteiger partial charge in [-0.2, -0.15) is 0 Å². The Bertz CT molecular complexity index is 606. The highest BCUT2D eigenvalue weighted by Crippen LogP contribution is 2.36. The van der Waals surface area contributed by atoms with Crippen LogP contribution < -0.4 is 0 Å². The first-order valence-electron chi connectivity index (χ1n) is 6.10. The van der Waals surface area contributed by atoms with E-state index in [4.69, 9.17) is 11.6 Å². The van der Waals surface area contributed by atoms with Crippen LogP contribution in [0.4, 0.5) is 8.78 Å². The third-order valence-electron chi connectivity index (χ3n) is 3.57. The van der Waals surface area contributed by atoms with Crippen LogP contribution in [0.1, 0.15) is 37.3 Å². The van der Waals surface area contributed by atoms with Crippen molar-refractivity contribution in [3.63, 3.8) is 0 Å². The fourth-order valence-electron chi connectivity index (χ4n) is 2.66. The van der Waals surface area contributed by atoms with E-state index in [1.165, 1.54) is 18.9 Å². The summed E-state index contributed by atoms with van der Waals surface area (Å²) in [5, 5.41) is 0.719. The second-order valence-corrected chi connectivity index (χ2v) is 5.20. The fourth-order valence-corrected chi connectivity index (χ4v) is 2.92. The first-order chi connectivity index (χ1) is 8.65. The number of halogens is 3. The molecule has 1 fully saturated rings. The van der Waals surface area contributed by atoms with E-state index in [1.807, 2.05) is 0 Å². The molecule has 1 heterocycles. The van der Waals surface area contributed by atoms with Crippen LogP contribution >= 0.6 is 11.6 Å². The van der Waals surface area contributed by atoms with Crippen molar-refractivity contribution in [2.75, 3.05) is 0 Å². The van der Waals surface area contributed by atoms with Crippen molar-refractivity contribution >= 4 is 22.5 Å². The van der Waals surface area contributed by atoms with Gasteiger partial charge in [0.05, 0.1) is 5.02 Å². The van der Waals surface area contributed by atoms with Crippen LogP contribution in [-0.2, 0) is 0 Å². The van der Waals surface area contributed by atoms with Gasteiger partial charge in [0.2, 0.25) is 0 Å². The smallest absolute Gasteiger partial charge is 0.152 e. The molecule has 0 radical (unpaired) electrons. The van der Waals surface area contributed by atoms with Gasteiger partial charge in [0.1, 0.15) is 11.3 Å². The van der Waals surface area contributed by atoms with Crippen LogP contribution in [-0.4, -0.2) is 4.98 Å². The third-order valence-corrected chi connectivity index (χ3v) is 3.89. The number of pyridine rings is 1. The van der Waals surface area contributed by atoms with Gasteiger partial charge in [-0.3, -0.25) is 0 Å². The van der Waals surface area contributed by atoms with Crippen LogP contribution in [0.15, 0.2) is 18.2 Å². The van der Waals surface area contributed by atoms with E-state index in [9.17, 15) is 8.78 Å². The normalized spacial score (nSPS) is 16.6. The standard InChI is InChI=1S/C14H12ClF2N/c15-11-7-13(8-3-1-2-4-8)18-14-10(11)5-9(16)6-12(14)17/h5-8H,1-4H2. The highest BCUT2D eigenvalue weighted by atomic mass is 35.5. The molecule has 4 heteroatoms. The van der Waals surface area contributed by atoms with E-state index >= 15 is 0 Å². The Balaban J connectivity index is 2.20. The van der Waals surface area contributed by atoms with Crippen LogP contribution in [0.5, 0.6) is 0 Å². The lowest BCUT2D eigenvalue weighted by atomic mass is 10.0. The van der Waals surface area contributed by atoms with Crippen molar-refractivity contribution in [2.24, 2.45) is 0 Å². The van der Waals surface area contributed by atoms with Gasteiger partial charge in [0.15, 0.2) is 5.82 Å². The molecule has 1 aliphatic rings. The maximum absolute atomic E-state index is 13.7. The van der Waals surface area contributed by atoms with Gasteiger partial charge in [-0.1, -0.05) is 24.4 Å². The van der Waals surface area contributed by atoms with Crippen molar-refractivity contribution < 1.29 is 8.78 Å². The minimum Gasteiger partial charge on any atom is -0.249 e. The molecule has 1 aromatic carbocycles. The largest absolute Gasteiger partial charge is 0.249 e. The van der Waals surface area contributed by atoms with Crippen molar-refractivity contribution in [3.8, 4) is 0 Å². The molecule has 3 rings (SSSR count). The molecule has 1 aliphatic carbocycles. The summed E-state index contributed by atoms with van der Waals surface area (Å²) in [7, 11) is 0. The molecular formula is C14H12ClF2N. The number of fused-ring (bicyclic) bond motifs is 1. The van der Waals surface area contributed by atoms with Gasteiger partial charge in [-0.15, -0.1) is 0 Å². The quantitative estimate of drug-likeness (QED) is 0.721. The zero-order chi connectivity index (χ0) is 12.7. The fraction of sp³-hybridized carbons (Fsp3) is 0.357. The van der Waals surface area contributed by atoms with E-state index in [1.54, 1.807) is 6.07 Å². The Morgan fingerprint density at radius 1 is 1.11 bits per heavy atom. The lowest BCUT2D eigenvalue weighted by molar-refractivity contribution is 0.589. The number of hydrogen-bond donors (Lipinski definition) is 0. The van der Waals surface area contributed by atoms with Crippen LogP contribution in [0.3, 0.4) is 0 Å². The minimum absolute atomic E-state index is 0.172. The van der Waals surface area contributed by atoms with Crippen LogP contribution in [0.2, 0.25) is 5.02 Å². The molecule has 0 bridgehead atoms. The molecule has 1 saturated carbocycles. The lowest BCUT2D eigenvalue weighted by Crippen LogP contribution is -1.99. The molecule has 0 aliphatic heterocycles. The van der Waals surface area contributed by atoms with Crippen molar-refractivity contribution in [2.45, 2.75) is 31.6 Å². The van der Waals surface area contributed by atoms with Gasteiger partial charge in [0, 0.05) is 23.1 Å². The summed E-state index contributed by atoms with van der Waals surface area (Å²) < 4.78 is 26.9. The number of aromatic nitrogens is 1. The lowest BCUT2D eigenvalue weighted by Gasteiger charge is -2.11. The molecule has 94 valence electrons. The van der Waals surface area contributed by atoms with Gasteiger partial charge in [-0.25, -0.2) is 13.8 Å². The molecule has 0 amide bonds. The number of hydrogen-bond acceptors (Lipinski definition) is 1. The first-order valence-corrected chi connectivity index (χ1v) is 6.48. The Labute approximate surface area is 109 Å². The highest BCUT2D eigenvalue weighted by molar-refractivity contribution is 6.35. The van der Waals surface area contributed by atoms with Crippen LogP contribution in [0.25, 0.3) is 10.9 Å². The molecule has 2 aromatic rings. The van der Waals surface area contributed by atoms with E-state index < -0.39 is 11.6 Å². The van der Waals surface area contributed by atoms with E-state index in [0.29, 0.717) is 16.3 Å². The molecule has 0 N–H and O–H groups in total. The minimum atomic E-state index is -0.647. The topological polar surface area (TPSA) is 12.9 Å². The average molecular weight is 268 g/mol. The van der Waals surface area contributed by atoms with Crippen molar-refractivity contribution in [1.29, 1.82) is 0 Å². The average Bonchev–Trinajstić information content (AvgIpc) is 2.83. The predicted molar refractivity (Wildman–Crippen MR) is 67.9 cm³/mol. The van der Waals surface area contributed by atoms with Crippen molar-refractivity contribution in [1.82, 2.24) is 4.98 Å². The summed E-state index contributed by atoms with van der Waals surface area (Å²) in [6.45, 7) is 0. The first kappa shape index (κ1) is 11.8. The van der Waals surface area contributed by atoms with Gasteiger partial charge in [-0.05, 0) is 25.0 Å². The predicted octanol–water partition coefficient (Wildman–Crippen LogP) is 4.82. The summed E-state index contributed by atoms with van der Waals surface area (Å²) in [4.78, 5) is 4.33. The molecule has 0 atom stereocenters. The van der Waals surface area contributed by atoms with Gasteiger partial charge >= 0.3 is 0 Å². The zero-order valence-corrected chi connectivity index (χ0v) is 10.5. The summed E-state index contributed by atoms with van der Waals surface area (Å²) in [6.07, 6.45) is 4.48. The van der Waals surface area contributed by atoms with E-state index in [2.05, 4.69) is 4.98 Å². The van der Waals surface area contributed by atoms with Crippen LogP contribution in [0, 0.1) is 11.6 Å². The monoisotopic (exact) mass is 267 g/mol. The molecule has 0 unspecified atom stereocenters. The summed E-state index contributed by atoms with van der Waals surface area (Å²) in [5.74, 6) is -0.916. The number of benzene rings is 1. The van der Waals surface area contributed by atoms with E-state index in [-0.39, 0.29) is 5.52 Å². The van der Waals surface area contributed by atoms with Gasteiger partial charge in [0.25, 0.3) is 0 Å². The zero-order valence-electron chi connectivity index (χ0n) is 9.72. The van der Waals surface area contributed by atoms with Crippen molar-refractivity contribution in [3.05, 3.63) is 40.6 Å². The maximum atomic E-state index is 13.7. The Morgan fingerprint density at radius 2 is 1.83 bits per heavy atom. The number of rotatable bonds is 1. The summed E-state index contributed by atoms with van der Waals surface area (Å²) >= 11 is 6.11. The summed E-state index contributed by atoms with van der Waals surface area (Å²) in [5.41, 5.74) is 1.00. The number of nitrogens with zero attached hydrogens (tertiary/aromatic N) is 1. The Hall–Kier alpha value is -1.22. The second-order valence-electron chi connectivity index (χ2n) is 4.79. The molecule has 0 spiro atoms. The highest BCUT2D eigenvalue weighted by Gasteiger charge is 2.20. The molecule has 1 aromatic heterocycles. The summed E-state index contributed by atoms with van der Waals surface area (Å²) in [6, 6.07) is 3.83. The third kappa shape index (κ3) is 1.97. The molecule has 0 saturated heterocycles. The van der Waals surface area contributed by atoms with Gasteiger partial charge < -0.3 is 0 Å². The molecule has 18 heavy (non-hydrogen) atoms. The molecule has 1 nitrogen and oxygen atoms in total. The second kappa shape index (κ2) is 4.47. The molecular weight excluding hydrogens is 256 g/mol.